The van der Waals surface area contributed by atoms with Crippen LogP contribution in [-0.4, -0.2) is 29.4 Å². The Labute approximate surface area is 266 Å². The van der Waals surface area contributed by atoms with Crippen molar-refractivity contribution in [2.45, 2.75) is 20.3 Å². The van der Waals surface area contributed by atoms with Crippen LogP contribution in [-0.2, 0) is 20.8 Å². The number of rotatable bonds is 7. The van der Waals surface area contributed by atoms with Crippen molar-refractivity contribution in [1.82, 2.24) is 0 Å². The molecule has 2 heterocycles. The number of aliphatic hydroxyl groups is 1. The fourth-order valence-corrected chi connectivity index (χ4v) is 5.11. The van der Waals surface area contributed by atoms with Gasteiger partial charge in [-0.05, 0) is 85.1 Å². The first-order chi connectivity index (χ1) is 21.7. The van der Waals surface area contributed by atoms with Crippen LogP contribution in [0.5, 0.6) is 0 Å². The first-order valence-corrected chi connectivity index (χ1v) is 14.6. The van der Waals surface area contributed by atoms with E-state index < -0.39 is 0 Å². The van der Waals surface area contributed by atoms with E-state index >= 15 is 0 Å². The maximum Gasteiger partial charge on any atom is 0.257 e. The summed E-state index contributed by atoms with van der Waals surface area (Å²) in [6.45, 7) is 3.60. The van der Waals surface area contributed by atoms with E-state index in [4.69, 9.17) is 16.7 Å². The Hall–Kier alpha value is -5.38. The van der Waals surface area contributed by atoms with E-state index in [1.165, 1.54) is 6.92 Å². The molecule has 3 amide bonds. The molecule has 4 aromatic rings. The molecule has 0 aromatic heterocycles. The van der Waals surface area contributed by atoms with Gasteiger partial charge in [-0.2, -0.15) is 0 Å². The zero-order valence-corrected chi connectivity index (χ0v) is 25.5. The number of carbonyl (C=O) groups excluding carboxylic acids is 3. The van der Waals surface area contributed by atoms with Crippen LogP contribution in [0, 0.1) is 6.92 Å². The molecule has 0 atom stereocenters. The summed E-state index contributed by atoms with van der Waals surface area (Å²) < 4.78 is 0. The van der Waals surface area contributed by atoms with Crippen LogP contribution in [0.1, 0.15) is 29.2 Å². The molecule has 0 saturated carbocycles. The smallest absolute Gasteiger partial charge is 0.257 e. The third kappa shape index (κ3) is 7.59. The van der Waals surface area contributed by atoms with Gasteiger partial charge in [0, 0.05) is 70.5 Å². The van der Waals surface area contributed by atoms with Crippen LogP contribution in [0.15, 0.2) is 97.3 Å². The Balaban J connectivity index is 0.000000178. The van der Waals surface area contributed by atoms with Crippen molar-refractivity contribution in [2.24, 2.45) is 0 Å². The van der Waals surface area contributed by atoms with Crippen LogP contribution in [0.4, 0.5) is 28.4 Å². The number of nitrogens with one attached hydrogen (secondary N) is 5. The predicted molar refractivity (Wildman–Crippen MR) is 181 cm³/mol. The SMILES string of the molecule is CC(=O)Nc1ccc(NC=C2C(=O)Nc3ccc(Cl)cc32)cc1.Cc1cccc2c1C(=CNc1ccc(CCO)cc1)C(=O)N2. The number of anilines is 5. The summed E-state index contributed by atoms with van der Waals surface area (Å²) >= 11 is 5.99. The highest BCUT2D eigenvalue weighted by atomic mass is 35.5. The van der Waals surface area contributed by atoms with Gasteiger partial charge in [-0.3, -0.25) is 14.4 Å². The highest BCUT2D eigenvalue weighted by Gasteiger charge is 2.25. The van der Waals surface area contributed by atoms with Gasteiger partial charge < -0.3 is 31.7 Å². The molecule has 0 unspecified atom stereocenters. The van der Waals surface area contributed by atoms with Gasteiger partial charge in [-0.1, -0.05) is 35.9 Å². The van der Waals surface area contributed by atoms with E-state index in [1.807, 2.05) is 61.5 Å². The van der Waals surface area contributed by atoms with Gasteiger partial charge >= 0.3 is 0 Å². The number of carbonyl (C=O) groups is 3. The Morgan fingerprint density at radius 1 is 0.800 bits per heavy atom. The fourth-order valence-electron chi connectivity index (χ4n) is 4.93. The molecule has 2 aliphatic rings. The van der Waals surface area contributed by atoms with Crippen molar-refractivity contribution < 1.29 is 19.5 Å². The van der Waals surface area contributed by atoms with Crippen molar-refractivity contribution >= 4 is 68.9 Å². The average molecular weight is 622 g/mol. The fraction of sp³-hybridized carbons (Fsp3) is 0.114. The molecule has 10 heteroatoms. The first-order valence-electron chi connectivity index (χ1n) is 14.3. The van der Waals surface area contributed by atoms with Crippen LogP contribution in [0.25, 0.3) is 11.1 Å². The first kappa shape index (κ1) is 31.1. The third-order valence-electron chi connectivity index (χ3n) is 7.13. The van der Waals surface area contributed by atoms with Gasteiger partial charge in [0.1, 0.15) is 0 Å². The molecule has 9 nitrogen and oxygen atoms in total. The lowest BCUT2D eigenvalue weighted by Gasteiger charge is -2.05. The highest BCUT2D eigenvalue weighted by molar-refractivity contribution is 6.35. The molecular weight excluding hydrogens is 590 g/mol. The highest BCUT2D eigenvalue weighted by Crippen LogP contribution is 2.35. The summed E-state index contributed by atoms with van der Waals surface area (Å²) in [6.07, 6.45) is 4.04. The molecule has 45 heavy (non-hydrogen) atoms. The molecule has 6 N–H and O–H groups in total. The summed E-state index contributed by atoms with van der Waals surface area (Å²) in [5, 5.41) is 24.1. The zero-order chi connectivity index (χ0) is 31.9. The Morgan fingerprint density at radius 2 is 1.40 bits per heavy atom. The minimum absolute atomic E-state index is 0.0892. The standard InChI is InChI=1S/C18H18N2O2.C17H14ClN3O2/c1-12-3-2-4-16-17(12)15(18(22)20-16)11-19-14-7-5-13(6-8-14)9-10-21;1-10(22)20-13-5-3-12(4-6-13)19-9-15-14-8-11(18)2-7-16(14)21-17(15)23/h2-8,11,19,21H,9-10H2,1H3,(H,20,22);2-9,19H,1H3,(H,20,22)(H,21,23). The van der Waals surface area contributed by atoms with Gasteiger partial charge in [-0.25, -0.2) is 0 Å². The van der Waals surface area contributed by atoms with E-state index in [-0.39, 0.29) is 24.3 Å². The van der Waals surface area contributed by atoms with E-state index in [2.05, 4.69) is 26.6 Å². The van der Waals surface area contributed by atoms with Gasteiger partial charge in [0.2, 0.25) is 5.91 Å². The lowest BCUT2D eigenvalue weighted by Crippen LogP contribution is -2.06. The molecule has 228 valence electrons. The Morgan fingerprint density at radius 3 is 2.07 bits per heavy atom. The summed E-state index contributed by atoms with van der Waals surface area (Å²) in [5.74, 6) is -0.387. The maximum atomic E-state index is 12.1. The number of benzene rings is 4. The second kappa shape index (κ2) is 13.9. The normalized spacial score (nSPS) is 14.6. The number of halogens is 1. The van der Waals surface area contributed by atoms with Crippen molar-refractivity contribution in [3.63, 3.8) is 0 Å². The number of hydrogen-bond acceptors (Lipinski definition) is 6. The minimum atomic E-state index is -0.176. The Kier molecular flexibility index (Phi) is 9.62. The molecule has 0 saturated heterocycles. The summed E-state index contributed by atoms with van der Waals surface area (Å²) in [4.78, 5) is 35.1. The van der Waals surface area contributed by atoms with Crippen LogP contribution < -0.4 is 26.6 Å². The van der Waals surface area contributed by atoms with E-state index in [0.717, 1.165) is 45.0 Å². The average Bonchev–Trinajstić information content (AvgIpc) is 3.51. The number of fused-ring (bicyclic) bond motifs is 2. The molecule has 0 fully saturated rings. The van der Waals surface area contributed by atoms with Crippen molar-refractivity contribution in [2.75, 3.05) is 33.2 Å². The number of aryl methyl sites for hydroxylation is 1. The molecule has 0 aliphatic carbocycles. The molecular formula is C35H32ClN5O4. The van der Waals surface area contributed by atoms with Crippen LogP contribution >= 0.6 is 11.6 Å². The maximum absolute atomic E-state index is 12.1. The van der Waals surface area contributed by atoms with Crippen LogP contribution in [0.2, 0.25) is 5.02 Å². The second-order valence-corrected chi connectivity index (χ2v) is 10.9. The monoisotopic (exact) mass is 621 g/mol. The number of hydrogen-bond donors (Lipinski definition) is 6. The summed E-state index contributed by atoms with van der Waals surface area (Å²) in [7, 11) is 0. The number of aliphatic hydroxyl groups excluding tert-OH is 1. The van der Waals surface area contributed by atoms with Gasteiger partial charge in [0.25, 0.3) is 11.8 Å². The van der Waals surface area contributed by atoms with E-state index in [0.29, 0.717) is 28.3 Å². The minimum Gasteiger partial charge on any atom is -0.396 e. The van der Waals surface area contributed by atoms with Gasteiger partial charge in [0.05, 0.1) is 11.1 Å². The van der Waals surface area contributed by atoms with Crippen molar-refractivity contribution in [3.8, 4) is 0 Å². The molecule has 0 bridgehead atoms. The molecule has 0 spiro atoms. The second-order valence-electron chi connectivity index (χ2n) is 10.4. The van der Waals surface area contributed by atoms with E-state index in [9.17, 15) is 14.4 Å². The van der Waals surface area contributed by atoms with E-state index in [1.54, 1.807) is 42.7 Å². The lowest BCUT2D eigenvalue weighted by atomic mass is 10.0. The summed E-state index contributed by atoms with van der Waals surface area (Å²) in [6, 6.07) is 26.1. The summed E-state index contributed by atoms with van der Waals surface area (Å²) in [5.41, 5.74) is 9.07. The zero-order valence-electron chi connectivity index (χ0n) is 24.7. The molecule has 6 rings (SSSR count). The van der Waals surface area contributed by atoms with Gasteiger partial charge in [-0.15, -0.1) is 0 Å². The molecule has 0 radical (unpaired) electrons. The lowest BCUT2D eigenvalue weighted by molar-refractivity contribution is -0.114. The van der Waals surface area contributed by atoms with Gasteiger partial charge in [0.15, 0.2) is 0 Å². The third-order valence-corrected chi connectivity index (χ3v) is 7.36. The predicted octanol–water partition coefficient (Wildman–Crippen LogP) is 6.64. The number of amides is 3. The quantitative estimate of drug-likeness (QED) is 0.128. The van der Waals surface area contributed by atoms with Crippen LogP contribution in [0.3, 0.4) is 0 Å². The Bertz CT molecular complexity index is 1820. The molecule has 4 aromatic carbocycles. The van der Waals surface area contributed by atoms with Crippen molar-refractivity contribution in [3.05, 3.63) is 125 Å². The largest absolute Gasteiger partial charge is 0.396 e. The topological polar surface area (TPSA) is 132 Å². The van der Waals surface area contributed by atoms with Crippen molar-refractivity contribution in [1.29, 1.82) is 0 Å². The molecule has 2 aliphatic heterocycles.